The van der Waals surface area contributed by atoms with Gasteiger partial charge in [-0.15, -0.1) is 0 Å². The number of hydrogen-bond donors (Lipinski definition) is 1. The molecule has 2 aliphatic rings. The van der Waals surface area contributed by atoms with Gasteiger partial charge >= 0.3 is 0 Å². The van der Waals surface area contributed by atoms with Crippen LogP contribution < -0.4 is 5.32 Å². The van der Waals surface area contributed by atoms with E-state index in [0.29, 0.717) is 23.8 Å². The average Bonchev–Trinajstić information content (AvgIpc) is 2.47. The predicted octanol–water partition coefficient (Wildman–Crippen LogP) is 3.58. The molecule has 0 radical (unpaired) electrons. The lowest BCUT2D eigenvalue weighted by molar-refractivity contribution is -0.132. The van der Waals surface area contributed by atoms with Gasteiger partial charge in [0.1, 0.15) is 0 Å². The average molecular weight is 294 g/mol. The van der Waals surface area contributed by atoms with Gasteiger partial charge in [-0.1, -0.05) is 33.6 Å². The van der Waals surface area contributed by atoms with Gasteiger partial charge in [-0.3, -0.25) is 4.79 Å². The molecule has 2 rings (SSSR count). The second-order valence-electron chi connectivity index (χ2n) is 8.01. The lowest BCUT2D eigenvalue weighted by Crippen LogP contribution is -2.45. The minimum atomic E-state index is 0.352. The molecule has 1 saturated heterocycles. The number of carbonyl (C=O) groups is 1. The smallest absolute Gasteiger partial charge is 0.223 e. The van der Waals surface area contributed by atoms with Gasteiger partial charge in [0.2, 0.25) is 5.91 Å². The Labute approximate surface area is 130 Å². The monoisotopic (exact) mass is 294 g/mol. The molecule has 1 aliphatic carbocycles. The maximum Gasteiger partial charge on any atom is 0.223 e. The molecule has 1 heterocycles. The number of rotatable bonds is 4. The highest BCUT2D eigenvalue weighted by molar-refractivity contribution is 5.76. The normalized spacial score (nSPS) is 27.7. The highest BCUT2D eigenvalue weighted by atomic mass is 16.2. The maximum atomic E-state index is 12.2. The predicted molar refractivity (Wildman–Crippen MR) is 88.3 cm³/mol. The fraction of sp³-hybridized carbons (Fsp3) is 0.944. The molecule has 1 amide bonds. The van der Waals surface area contributed by atoms with Gasteiger partial charge in [0.25, 0.3) is 0 Å². The van der Waals surface area contributed by atoms with Crippen molar-refractivity contribution < 1.29 is 4.79 Å². The van der Waals surface area contributed by atoms with Crippen LogP contribution in [0.4, 0.5) is 0 Å². The van der Waals surface area contributed by atoms with Gasteiger partial charge in [0, 0.05) is 32.1 Å². The van der Waals surface area contributed by atoms with E-state index in [0.717, 1.165) is 25.6 Å². The maximum absolute atomic E-state index is 12.2. The second-order valence-corrected chi connectivity index (χ2v) is 8.01. The first-order chi connectivity index (χ1) is 9.98. The van der Waals surface area contributed by atoms with E-state index in [-0.39, 0.29) is 0 Å². The molecular formula is C18H34N2O. The first-order valence-corrected chi connectivity index (χ1v) is 8.99. The third-order valence-corrected chi connectivity index (χ3v) is 5.33. The number of carbonyl (C=O) groups excluding carboxylic acids is 1. The summed E-state index contributed by atoms with van der Waals surface area (Å²) in [4.78, 5) is 14.3. The van der Waals surface area contributed by atoms with Crippen molar-refractivity contribution in [3.05, 3.63) is 0 Å². The Morgan fingerprint density at radius 3 is 2.38 bits per heavy atom. The van der Waals surface area contributed by atoms with Gasteiger partial charge in [-0.2, -0.15) is 0 Å². The first kappa shape index (κ1) is 16.8. The minimum Gasteiger partial charge on any atom is -0.343 e. The molecule has 3 heteroatoms. The summed E-state index contributed by atoms with van der Waals surface area (Å²) in [5, 5.41) is 3.70. The lowest BCUT2D eigenvalue weighted by Gasteiger charge is -2.41. The van der Waals surface area contributed by atoms with Crippen molar-refractivity contribution in [2.45, 2.75) is 78.2 Å². The molecule has 21 heavy (non-hydrogen) atoms. The van der Waals surface area contributed by atoms with Gasteiger partial charge < -0.3 is 10.2 Å². The minimum absolute atomic E-state index is 0.352. The van der Waals surface area contributed by atoms with E-state index in [2.05, 4.69) is 31.0 Å². The fourth-order valence-corrected chi connectivity index (χ4v) is 4.08. The van der Waals surface area contributed by atoms with Crippen molar-refractivity contribution in [1.29, 1.82) is 0 Å². The van der Waals surface area contributed by atoms with Crippen LogP contribution >= 0.6 is 0 Å². The van der Waals surface area contributed by atoms with E-state index in [1.807, 2.05) is 0 Å². The van der Waals surface area contributed by atoms with Crippen LogP contribution in [0.25, 0.3) is 0 Å². The Morgan fingerprint density at radius 2 is 1.71 bits per heavy atom. The summed E-state index contributed by atoms with van der Waals surface area (Å²) in [6.07, 6.45) is 9.66. The summed E-state index contributed by atoms with van der Waals surface area (Å²) >= 11 is 0. The van der Waals surface area contributed by atoms with Crippen LogP contribution in [0.1, 0.15) is 72.1 Å². The lowest BCUT2D eigenvalue weighted by atomic mass is 9.69. The van der Waals surface area contributed by atoms with Gasteiger partial charge in [0.15, 0.2) is 0 Å². The molecular weight excluding hydrogens is 260 g/mol. The van der Waals surface area contributed by atoms with Crippen LogP contribution in [0.3, 0.4) is 0 Å². The van der Waals surface area contributed by atoms with E-state index in [9.17, 15) is 4.79 Å². The van der Waals surface area contributed by atoms with Gasteiger partial charge in [-0.05, 0) is 43.4 Å². The molecule has 1 N–H and O–H groups in total. The van der Waals surface area contributed by atoms with Gasteiger partial charge in [0.05, 0.1) is 0 Å². The standard InChI is InChI=1S/C18H34N2O/c1-18(2,3)15-9-5-6-10-16(15)19-12-11-17(21)20-13-7-4-8-14-20/h15-16,19H,4-14H2,1-3H3. The van der Waals surface area contributed by atoms with Crippen LogP contribution in [-0.4, -0.2) is 36.5 Å². The molecule has 3 nitrogen and oxygen atoms in total. The summed E-state index contributed by atoms with van der Waals surface area (Å²) in [6.45, 7) is 9.88. The molecule has 122 valence electrons. The van der Waals surface area contributed by atoms with Crippen molar-refractivity contribution in [3.8, 4) is 0 Å². The highest BCUT2D eigenvalue weighted by Crippen LogP contribution is 2.37. The van der Waals surface area contributed by atoms with E-state index in [1.54, 1.807) is 0 Å². The summed E-state index contributed by atoms with van der Waals surface area (Å²) in [5.74, 6) is 1.10. The first-order valence-electron chi connectivity index (χ1n) is 8.99. The zero-order valence-corrected chi connectivity index (χ0v) is 14.3. The number of nitrogens with one attached hydrogen (secondary N) is 1. The van der Waals surface area contributed by atoms with E-state index < -0.39 is 0 Å². The van der Waals surface area contributed by atoms with Crippen LogP contribution in [-0.2, 0) is 4.79 Å². The Bertz CT molecular complexity index is 329. The topological polar surface area (TPSA) is 32.3 Å². The van der Waals surface area contributed by atoms with Crippen molar-refractivity contribution in [3.63, 3.8) is 0 Å². The third-order valence-electron chi connectivity index (χ3n) is 5.33. The van der Waals surface area contributed by atoms with Crippen molar-refractivity contribution in [2.75, 3.05) is 19.6 Å². The van der Waals surface area contributed by atoms with E-state index in [4.69, 9.17) is 0 Å². The van der Waals surface area contributed by atoms with Crippen LogP contribution in [0, 0.1) is 11.3 Å². The second kappa shape index (κ2) is 7.62. The number of likely N-dealkylation sites (tertiary alicyclic amines) is 1. The summed E-state index contributed by atoms with van der Waals surface area (Å²) in [7, 11) is 0. The Morgan fingerprint density at radius 1 is 1.05 bits per heavy atom. The van der Waals surface area contributed by atoms with Crippen LogP contribution in [0.15, 0.2) is 0 Å². The Kier molecular flexibility index (Phi) is 6.09. The number of amides is 1. The molecule has 0 aromatic rings. The van der Waals surface area contributed by atoms with E-state index >= 15 is 0 Å². The summed E-state index contributed by atoms with van der Waals surface area (Å²) in [6, 6.07) is 0.605. The van der Waals surface area contributed by atoms with E-state index in [1.165, 1.54) is 44.9 Å². The highest BCUT2D eigenvalue weighted by Gasteiger charge is 2.33. The Balaban J connectivity index is 1.74. The number of piperidine rings is 1. The molecule has 1 saturated carbocycles. The number of hydrogen-bond acceptors (Lipinski definition) is 2. The molecule has 2 atom stereocenters. The zero-order valence-electron chi connectivity index (χ0n) is 14.3. The largest absolute Gasteiger partial charge is 0.343 e. The summed E-state index contributed by atoms with van der Waals surface area (Å²) < 4.78 is 0. The Hall–Kier alpha value is -0.570. The third kappa shape index (κ3) is 4.98. The van der Waals surface area contributed by atoms with Crippen molar-refractivity contribution in [1.82, 2.24) is 10.2 Å². The van der Waals surface area contributed by atoms with Crippen molar-refractivity contribution in [2.24, 2.45) is 11.3 Å². The molecule has 0 bridgehead atoms. The van der Waals surface area contributed by atoms with Crippen LogP contribution in [0.2, 0.25) is 0 Å². The molecule has 2 unspecified atom stereocenters. The summed E-state index contributed by atoms with van der Waals surface area (Å²) in [5.41, 5.74) is 0.370. The van der Waals surface area contributed by atoms with Crippen molar-refractivity contribution >= 4 is 5.91 Å². The zero-order chi connectivity index (χ0) is 15.3. The van der Waals surface area contributed by atoms with Gasteiger partial charge in [-0.25, -0.2) is 0 Å². The quantitative estimate of drug-likeness (QED) is 0.859. The van der Waals surface area contributed by atoms with Crippen LogP contribution in [0.5, 0.6) is 0 Å². The molecule has 0 aromatic carbocycles. The fourth-order valence-electron chi connectivity index (χ4n) is 4.08. The molecule has 0 spiro atoms. The molecule has 2 fully saturated rings. The number of nitrogens with zero attached hydrogens (tertiary/aromatic N) is 1. The molecule has 0 aromatic heterocycles. The molecule has 1 aliphatic heterocycles. The SMILES string of the molecule is CC(C)(C)C1CCCCC1NCCC(=O)N1CCCCC1.